The van der Waals surface area contributed by atoms with E-state index in [9.17, 15) is 4.39 Å². The Bertz CT molecular complexity index is 912. The third-order valence-electron chi connectivity index (χ3n) is 4.26. The Balaban J connectivity index is 1.65. The fourth-order valence-corrected chi connectivity index (χ4v) is 3.14. The Hall–Kier alpha value is -2.27. The van der Waals surface area contributed by atoms with Gasteiger partial charge in [-0.1, -0.05) is 41.4 Å². The van der Waals surface area contributed by atoms with Gasteiger partial charge in [0, 0.05) is 29.2 Å². The van der Waals surface area contributed by atoms with Crippen molar-refractivity contribution in [2.45, 2.75) is 19.7 Å². The van der Waals surface area contributed by atoms with Crippen molar-refractivity contribution in [2.75, 3.05) is 7.11 Å². The first-order valence-corrected chi connectivity index (χ1v) is 9.50. The van der Waals surface area contributed by atoms with Gasteiger partial charge >= 0.3 is 0 Å². The summed E-state index contributed by atoms with van der Waals surface area (Å²) in [4.78, 5) is 0. The predicted octanol–water partition coefficient (Wildman–Crippen LogP) is 6.01. The van der Waals surface area contributed by atoms with Gasteiger partial charge < -0.3 is 14.8 Å². The highest BCUT2D eigenvalue weighted by molar-refractivity contribution is 6.31. The smallest absolute Gasteiger partial charge is 0.131 e. The van der Waals surface area contributed by atoms with Crippen LogP contribution in [-0.4, -0.2) is 7.11 Å². The summed E-state index contributed by atoms with van der Waals surface area (Å²) in [5, 5.41) is 4.31. The van der Waals surface area contributed by atoms with Crippen molar-refractivity contribution in [1.82, 2.24) is 5.32 Å². The molecule has 0 unspecified atom stereocenters. The molecule has 3 aromatic carbocycles. The largest absolute Gasteiger partial charge is 0.497 e. The van der Waals surface area contributed by atoms with E-state index in [2.05, 4.69) is 5.32 Å². The fourth-order valence-electron chi connectivity index (χ4n) is 2.73. The standard InChI is InChI=1S/C22H20Cl2FNO2/c1-27-18-8-5-15(6-9-18)12-26-13-16-11-17(23)7-10-22(16)28-14-19-20(24)3-2-4-21(19)25/h2-11,26H,12-14H2,1H3. The van der Waals surface area contributed by atoms with Crippen LogP contribution >= 0.6 is 23.2 Å². The quantitative estimate of drug-likeness (QED) is 0.484. The van der Waals surface area contributed by atoms with Crippen LogP contribution in [0.3, 0.4) is 0 Å². The van der Waals surface area contributed by atoms with Crippen LogP contribution in [0.25, 0.3) is 0 Å². The minimum Gasteiger partial charge on any atom is -0.497 e. The summed E-state index contributed by atoms with van der Waals surface area (Å²) in [5.74, 6) is 1.06. The van der Waals surface area contributed by atoms with Crippen molar-refractivity contribution in [2.24, 2.45) is 0 Å². The Kier molecular flexibility index (Phi) is 7.15. The Morgan fingerprint density at radius 1 is 0.964 bits per heavy atom. The van der Waals surface area contributed by atoms with E-state index in [0.717, 1.165) is 16.9 Å². The second-order valence-corrected chi connectivity index (χ2v) is 7.04. The summed E-state index contributed by atoms with van der Waals surface area (Å²) >= 11 is 12.2. The van der Waals surface area contributed by atoms with Crippen LogP contribution in [0.4, 0.5) is 4.39 Å². The van der Waals surface area contributed by atoms with Crippen LogP contribution < -0.4 is 14.8 Å². The van der Waals surface area contributed by atoms with Crippen LogP contribution in [0, 0.1) is 5.82 Å². The molecule has 0 atom stereocenters. The van der Waals surface area contributed by atoms with Crippen LogP contribution in [-0.2, 0) is 19.7 Å². The zero-order chi connectivity index (χ0) is 19.9. The van der Waals surface area contributed by atoms with E-state index >= 15 is 0 Å². The highest BCUT2D eigenvalue weighted by Gasteiger charge is 2.10. The van der Waals surface area contributed by atoms with Crippen molar-refractivity contribution in [3.63, 3.8) is 0 Å². The van der Waals surface area contributed by atoms with Crippen molar-refractivity contribution in [1.29, 1.82) is 0 Å². The SMILES string of the molecule is COc1ccc(CNCc2cc(Cl)ccc2OCc2c(F)cccc2Cl)cc1. The molecule has 28 heavy (non-hydrogen) atoms. The minimum absolute atomic E-state index is 0.0403. The number of halogens is 3. The average Bonchev–Trinajstić information content (AvgIpc) is 2.69. The highest BCUT2D eigenvalue weighted by atomic mass is 35.5. The second kappa shape index (κ2) is 9.78. The Morgan fingerprint density at radius 3 is 2.46 bits per heavy atom. The van der Waals surface area contributed by atoms with Crippen LogP contribution in [0.5, 0.6) is 11.5 Å². The van der Waals surface area contributed by atoms with Crippen molar-refractivity contribution in [3.8, 4) is 11.5 Å². The molecule has 1 N–H and O–H groups in total. The summed E-state index contributed by atoms with van der Waals surface area (Å²) in [6.45, 7) is 1.26. The first kappa shape index (κ1) is 20.5. The van der Waals surface area contributed by atoms with E-state index in [-0.39, 0.29) is 12.4 Å². The molecule has 0 aliphatic rings. The van der Waals surface area contributed by atoms with Gasteiger partial charge in [0.25, 0.3) is 0 Å². The van der Waals surface area contributed by atoms with Crippen molar-refractivity contribution < 1.29 is 13.9 Å². The van der Waals surface area contributed by atoms with E-state index in [1.807, 2.05) is 30.3 Å². The molecule has 0 bridgehead atoms. The maximum absolute atomic E-state index is 14.0. The lowest BCUT2D eigenvalue weighted by Crippen LogP contribution is -2.14. The van der Waals surface area contributed by atoms with E-state index in [1.165, 1.54) is 6.07 Å². The number of ether oxygens (including phenoxy) is 2. The van der Waals surface area contributed by atoms with Gasteiger partial charge in [-0.25, -0.2) is 4.39 Å². The number of methoxy groups -OCH3 is 1. The van der Waals surface area contributed by atoms with Gasteiger partial charge in [-0.2, -0.15) is 0 Å². The fraction of sp³-hybridized carbons (Fsp3) is 0.182. The molecule has 3 rings (SSSR count). The van der Waals surface area contributed by atoms with Gasteiger partial charge in [-0.05, 0) is 48.0 Å². The molecule has 0 aromatic heterocycles. The van der Waals surface area contributed by atoms with Gasteiger partial charge in [-0.15, -0.1) is 0 Å². The number of nitrogens with one attached hydrogen (secondary N) is 1. The number of rotatable bonds is 8. The van der Waals surface area contributed by atoms with Gasteiger partial charge in [0.05, 0.1) is 12.1 Å². The van der Waals surface area contributed by atoms with Crippen LogP contribution in [0.2, 0.25) is 10.0 Å². The molecule has 3 nitrogen and oxygen atoms in total. The van der Waals surface area contributed by atoms with Crippen molar-refractivity contribution in [3.05, 3.63) is 93.2 Å². The Labute approximate surface area is 174 Å². The van der Waals surface area contributed by atoms with E-state index < -0.39 is 0 Å². The van der Waals surface area contributed by atoms with Gasteiger partial charge in [-0.3, -0.25) is 0 Å². The van der Waals surface area contributed by atoms with E-state index in [0.29, 0.717) is 34.4 Å². The number of hydrogen-bond acceptors (Lipinski definition) is 3. The summed E-state index contributed by atoms with van der Waals surface area (Å²) in [7, 11) is 1.64. The molecule has 0 aliphatic heterocycles. The van der Waals surface area contributed by atoms with Crippen LogP contribution in [0.1, 0.15) is 16.7 Å². The monoisotopic (exact) mass is 419 g/mol. The molecule has 0 saturated carbocycles. The lowest BCUT2D eigenvalue weighted by atomic mass is 10.1. The molecular weight excluding hydrogens is 400 g/mol. The number of hydrogen-bond donors (Lipinski definition) is 1. The first-order valence-electron chi connectivity index (χ1n) is 8.74. The summed E-state index contributed by atoms with van der Waals surface area (Å²) < 4.78 is 25.0. The maximum atomic E-state index is 14.0. The third kappa shape index (κ3) is 5.38. The topological polar surface area (TPSA) is 30.5 Å². The molecule has 0 fully saturated rings. The molecule has 3 aromatic rings. The molecule has 0 radical (unpaired) electrons. The zero-order valence-electron chi connectivity index (χ0n) is 15.3. The zero-order valence-corrected chi connectivity index (χ0v) is 16.9. The van der Waals surface area contributed by atoms with E-state index in [1.54, 1.807) is 31.4 Å². The van der Waals surface area contributed by atoms with E-state index in [4.69, 9.17) is 32.7 Å². The van der Waals surface area contributed by atoms with Gasteiger partial charge in [0.2, 0.25) is 0 Å². The molecule has 0 saturated heterocycles. The lowest BCUT2D eigenvalue weighted by Gasteiger charge is -2.14. The highest BCUT2D eigenvalue weighted by Crippen LogP contribution is 2.26. The molecule has 146 valence electrons. The summed E-state index contributed by atoms with van der Waals surface area (Å²) in [6, 6.07) is 17.8. The molecule has 0 spiro atoms. The normalized spacial score (nSPS) is 10.7. The predicted molar refractivity (Wildman–Crippen MR) is 111 cm³/mol. The number of benzene rings is 3. The van der Waals surface area contributed by atoms with Gasteiger partial charge in [0.15, 0.2) is 0 Å². The molecule has 0 amide bonds. The minimum atomic E-state index is -0.388. The lowest BCUT2D eigenvalue weighted by molar-refractivity contribution is 0.296. The molecule has 0 heterocycles. The maximum Gasteiger partial charge on any atom is 0.131 e. The average molecular weight is 420 g/mol. The summed E-state index contributed by atoms with van der Waals surface area (Å²) in [6.07, 6.45) is 0. The molecular formula is C22H20Cl2FNO2. The van der Waals surface area contributed by atoms with Crippen LogP contribution in [0.15, 0.2) is 60.7 Å². The van der Waals surface area contributed by atoms with Crippen molar-refractivity contribution >= 4 is 23.2 Å². The Morgan fingerprint density at radius 2 is 1.75 bits per heavy atom. The first-order chi connectivity index (χ1) is 13.6. The van der Waals surface area contributed by atoms with Gasteiger partial charge in [0.1, 0.15) is 23.9 Å². The summed E-state index contributed by atoms with van der Waals surface area (Å²) in [5.41, 5.74) is 2.34. The second-order valence-electron chi connectivity index (χ2n) is 6.19. The third-order valence-corrected chi connectivity index (χ3v) is 4.85. The molecule has 0 aliphatic carbocycles. The molecule has 6 heteroatoms.